The number of hydrogen-bond donors (Lipinski definition) is 2. The van der Waals surface area contributed by atoms with Crippen molar-refractivity contribution in [3.8, 4) is 5.75 Å². The summed E-state index contributed by atoms with van der Waals surface area (Å²) < 4.78 is 33.1. The molecule has 3 aromatic rings. The first-order valence-corrected chi connectivity index (χ1v) is 11.7. The molecule has 0 radical (unpaired) electrons. The van der Waals surface area contributed by atoms with E-state index in [2.05, 4.69) is 10.6 Å². The molecule has 0 aromatic heterocycles. The Morgan fingerprint density at radius 2 is 1.77 bits per heavy atom. The van der Waals surface area contributed by atoms with E-state index in [0.717, 1.165) is 28.9 Å². The summed E-state index contributed by atoms with van der Waals surface area (Å²) in [5.74, 6) is 0.682. The van der Waals surface area contributed by atoms with Gasteiger partial charge in [-0.2, -0.15) is 0 Å². The summed E-state index contributed by atoms with van der Waals surface area (Å²) in [5.41, 5.74) is 4.32. The van der Waals surface area contributed by atoms with Crippen LogP contribution < -0.4 is 19.7 Å². The number of methoxy groups -OCH3 is 1. The number of fused-ring (bicyclic) bond motifs is 1. The maximum Gasteiger partial charge on any atom is 0.264 e. The van der Waals surface area contributed by atoms with Gasteiger partial charge in [-0.25, -0.2) is 8.42 Å². The molecule has 0 fully saturated rings. The average molecular weight is 454 g/mol. The molecule has 3 aromatic carbocycles. The standard InChI is InChI=1S/C23H23N3O3S2/c1-16-7-12-22(29-2)20(15-16)25-23(30)24-18-8-10-19(11-9-18)31(27,28)26-14-13-17-5-3-4-6-21(17)26/h3-12,15H,13-14H2,1-2H3,(H2,24,25,30). The summed E-state index contributed by atoms with van der Waals surface area (Å²) in [5, 5.41) is 6.58. The minimum Gasteiger partial charge on any atom is -0.495 e. The van der Waals surface area contributed by atoms with Crippen LogP contribution in [0.25, 0.3) is 0 Å². The van der Waals surface area contributed by atoms with Crippen LogP contribution in [0.5, 0.6) is 5.75 Å². The first-order chi connectivity index (χ1) is 14.9. The molecule has 31 heavy (non-hydrogen) atoms. The molecule has 0 spiro atoms. The molecular weight excluding hydrogens is 430 g/mol. The Morgan fingerprint density at radius 3 is 2.52 bits per heavy atom. The molecule has 6 nitrogen and oxygen atoms in total. The number of thiocarbonyl (C=S) groups is 1. The van der Waals surface area contributed by atoms with E-state index in [0.29, 0.717) is 23.1 Å². The number of benzene rings is 3. The molecule has 2 N–H and O–H groups in total. The third-order valence-electron chi connectivity index (χ3n) is 5.15. The molecule has 1 aliphatic heterocycles. The molecule has 0 unspecified atom stereocenters. The van der Waals surface area contributed by atoms with Gasteiger partial charge in [-0.15, -0.1) is 0 Å². The van der Waals surface area contributed by atoms with Crippen molar-refractivity contribution < 1.29 is 13.2 Å². The number of nitrogens with zero attached hydrogens (tertiary/aromatic N) is 1. The fraction of sp³-hybridized carbons (Fsp3) is 0.174. The Hall–Kier alpha value is -3.10. The second kappa shape index (κ2) is 8.56. The lowest BCUT2D eigenvalue weighted by Crippen LogP contribution is -2.29. The third kappa shape index (κ3) is 4.35. The van der Waals surface area contributed by atoms with E-state index in [4.69, 9.17) is 17.0 Å². The number of para-hydroxylation sites is 1. The quantitative estimate of drug-likeness (QED) is 0.552. The van der Waals surface area contributed by atoms with Crippen molar-refractivity contribution in [2.24, 2.45) is 0 Å². The van der Waals surface area contributed by atoms with Crippen molar-refractivity contribution in [1.82, 2.24) is 0 Å². The van der Waals surface area contributed by atoms with E-state index in [-0.39, 0.29) is 4.90 Å². The van der Waals surface area contributed by atoms with Crippen molar-refractivity contribution in [2.75, 3.05) is 28.6 Å². The van der Waals surface area contributed by atoms with Gasteiger partial charge in [0.15, 0.2) is 5.11 Å². The highest BCUT2D eigenvalue weighted by molar-refractivity contribution is 7.92. The minimum atomic E-state index is -3.62. The first kappa shape index (κ1) is 21.1. The zero-order valence-electron chi connectivity index (χ0n) is 17.3. The van der Waals surface area contributed by atoms with E-state index in [9.17, 15) is 8.42 Å². The van der Waals surface area contributed by atoms with Crippen LogP contribution in [0.1, 0.15) is 11.1 Å². The van der Waals surface area contributed by atoms with Gasteiger partial charge in [-0.3, -0.25) is 4.31 Å². The molecule has 8 heteroatoms. The van der Waals surface area contributed by atoms with Crippen molar-refractivity contribution in [3.63, 3.8) is 0 Å². The summed E-state index contributed by atoms with van der Waals surface area (Å²) in [7, 11) is -2.02. The number of nitrogens with one attached hydrogen (secondary N) is 2. The molecule has 160 valence electrons. The van der Waals surface area contributed by atoms with Gasteiger partial charge < -0.3 is 15.4 Å². The lowest BCUT2D eigenvalue weighted by atomic mass is 10.2. The zero-order chi connectivity index (χ0) is 22.0. The normalized spacial score (nSPS) is 12.9. The second-order valence-electron chi connectivity index (χ2n) is 7.26. The maximum absolute atomic E-state index is 13.1. The minimum absolute atomic E-state index is 0.244. The number of aryl methyl sites for hydroxylation is 1. The van der Waals surface area contributed by atoms with Crippen molar-refractivity contribution in [1.29, 1.82) is 0 Å². The fourth-order valence-corrected chi connectivity index (χ4v) is 5.33. The predicted octanol–water partition coefficient (Wildman–Crippen LogP) is 4.56. The highest BCUT2D eigenvalue weighted by Crippen LogP contribution is 2.33. The van der Waals surface area contributed by atoms with Crippen LogP contribution in [0.2, 0.25) is 0 Å². The predicted molar refractivity (Wildman–Crippen MR) is 129 cm³/mol. The SMILES string of the molecule is COc1ccc(C)cc1NC(=S)Nc1ccc(S(=O)(=O)N2CCc3ccccc32)cc1. The van der Waals surface area contributed by atoms with E-state index in [1.165, 1.54) is 4.31 Å². The van der Waals surface area contributed by atoms with Crippen LogP contribution in [0.3, 0.4) is 0 Å². The molecular formula is C23H23N3O3S2. The van der Waals surface area contributed by atoms with Gasteiger partial charge in [0.1, 0.15) is 5.75 Å². The van der Waals surface area contributed by atoms with Gasteiger partial charge in [0.2, 0.25) is 0 Å². The zero-order valence-corrected chi connectivity index (χ0v) is 18.9. The summed E-state index contributed by atoms with van der Waals surface area (Å²) in [6.45, 7) is 2.44. The van der Waals surface area contributed by atoms with Crippen LogP contribution in [-0.4, -0.2) is 27.2 Å². The largest absolute Gasteiger partial charge is 0.495 e. The molecule has 0 saturated carbocycles. The topological polar surface area (TPSA) is 70.7 Å². The van der Waals surface area contributed by atoms with Crippen LogP contribution in [0.4, 0.5) is 17.1 Å². The summed E-state index contributed by atoms with van der Waals surface area (Å²) in [6.07, 6.45) is 0.720. The van der Waals surface area contributed by atoms with E-state index in [1.54, 1.807) is 31.4 Å². The molecule has 4 rings (SSSR count). The van der Waals surface area contributed by atoms with E-state index >= 15 is 0 Å². The van der Waals surface area contributed by atoms with E-state index < -0.39 is 10.0 Å². The Morgan fingerprint density at radius 1 is 1.03 bits per heavy atom. The third-order valence-corrected chi connectivity index (χ3v) is 7.18. The maximum atomic E-state index is 13.1. The van der Waals surface area contributed by atoms with Gasteiger partial charge in [0, 0.05) is 12.2 Å². The molecule has 0 atom stereocenters. The Kier molecular flexibility index (Phi) is 5.84. The molecule has 0 amide bonds. The fourth-order valence-electron chi connectivity index (χ4n) is 3.60. The van der Waals surface area contributed by atoms with Gasteiger partial charge >= 0.3 is 0 Å². The smallest absolute Gasteiger partial charge is 0.264 e. The summed E-state index contributed by atoms with van der Waals surface area (Å²) in [6, 6.07) is 20.0. The van der Waals surface area contributed by atoms with Crippen molar-refractivity contribution >= 4 is 44.4 Å². The molecule has 0 saturated heterocycles. The van der Waals surface area contributed by atoms with Gasteiger partial charge in [-0.1, -0.05) is 24.3 Å². The van der Waals surface area contributed by atoms with Crippen molar-refractivity contribution in [2.45, 2.75) is 18.2 Å². The van der Waals surface area contributed by atoms with Crippen molar-refractivity contribution in [3.05, 3.63) is 77.9 Å². The summed E-state index contributed by atoms with van der Waals surface area (Å²) >= 11 is 5.40. The number of ether oxygens (including phenoxy) is 1. The Balaban J connectivity index is 1.47. The first-order valence-electron chi connectivity index (χ1n) is 9.82. The molecule has 1 aliphatic rings. The number of hydrogen-bond acceptors (Lipinski definition) is 4. The Bertz CT molecular complexity index is 1230. The van der Waals surface area contributed by atoms with Gasteiger partial charge in [0.05, 0.1) is 23.4 Å². The van der Waals surface area contributed by atoms with Gasteiger partial charge in [-0.05, 0) is 79.2 Å². The number of anilines is 3. The highest BCUT2D eigenvalue weighted by Gasteiger charge is 2.30. The molecule has 0 bridgehead atoms. The van der Waals surface area contributed by atoms with E-state index in [1.807, 2.05) is 49.4 Å². The molecule has 0 aliphatic carbocycles. The van der Waals surface area contributed by atoms with Crippen LogP contribution in [0.15, 0.2) is 71.6 Å². The van der Waals surface area contributed by atoms with Crippen LogP contribution in [0, 0.1) is 6.92 Å². The second-order valence-corrected chi connectivity index (χ2v) is 9.53. The summed E-state index contributed by atoms with van der Waals surface area (Å²) in [4.78, 5) is 0.244. The average Bonchev–Trinajstić information content (AvgIpc) is 3.19. The van der Waals surface area contributed by atoms with Gasteiger partial charge in [0.25, 0.3) is 10.0 Å². The highest BCUT2D eigenvalue weighted by atomic mass is 32.2. The monoisotopic (exact) mass is 453 g/mol. The number of sulfonamides is 1. The molecule has 1 heterocycles. The lowest BCUT2D eigenvalue weighted by molar-refractivity contribution is 0.417. The van der Waals surface area contributed by atoms with Crippen LogP contribution in [-0.2, 0) is 16.4 Å². The Labute approximate surface area is 187 Å². The van der Waals surface area contributed by atoms with Crippen LogP contribution >= 0.6 is 12.2 Å². The lowest BCUT2D eigenvalue weighted by Gasteiger charge is -2.20. The number of rotatable bonds is 5.